The molecule has 0 rings (SSSR count). The van der Waals surface area contributed by atoms with Crippen molar-refractivity contribution in [1.82, 2.24) is 5.32 Å². The summed E-state index contributed by atoms with van der Waals surface area (Å²) in [6.45, 7) is 1.27. The van der Waals surface area contributed by atoms with Gasteiger partial charge in [0.1, 0.15) is 18.7 Å². The van der Waals surface area contributed by atoms with E-state index in [0.29, 0.717) is 0 Å². The van der Waals surface area contributed by atoms with Crippen molar-refractivity contribution < 1.29 is 44.1 Å². The highest BCUT2D eigenvalue weighted by molar-refractivity contribution is 5.82. The first-order valence-corrected chi connectivity index (χ1v) is 7.14. The summed E-state index contributed by atoms with van der Waals surface area (Å²) in [6.07, 6.45) is 0.0715. The van der Waals surface area contributed by atoms with Crippen LogP contribution < -0.4 is 10.4 Å². The first kappa shape index (κ1) is 24.5. The van der Waals surface area contributed by atoms with Gasteiger partial charge in [-0.15, -0.1) is 5.26 Å². The molecule has 1 unspecified atom stereocenters. The van der Waals surface area contributed by atoms with Crippen molar-refractivity contribution >= 4 is 23.8 Å². The number of hydrogen-bond acceptors (Lipinski definition) is 7. The van der Waals surface area contributed by atoms with E-state index in [2.05, 4.69) is 5.32 Å². The fourth-order valence-electron chi connectivity index (χ4n) is 1.60. The summed E-state index contributed by atoms with van der Waals surface area (Å²) in [6, 6.07) is -1.12. The Morgan fingerprint density at radius 1 is 1.24 bits per heavy atom. The summed E-state index contributed by atoms with van der Waals surface area (Å²) in [5.74, 6) is -4.11. The van der Waals surface area contributed by atoms with Gasteiger partial charge in [0, 0.05) is 25.7 Å². The minimum Gasteiger partial charge on any atom is -0.550 e. The molecule has 0 saturated carbocycles. The van der Waals surface area contributed by atoms with Crippen LogP contribution in [0.1, 0.15) is 26.2 Å². The molecule has 25 heavy (non-hydrogen) atoms. The van der Waals surface area contributed by atoms with Crippen molar-refractivity contribution in [1.29, 1.82) is 5.26 Å². The molecule has 0 aromatic heterocycles. The molecule has 4 N–H and O–H groups in total. The Hall–Kier alpha value is -2.71. The Balaban J connectivity index is 0. The van der Waals surface area contributed by atoms with Crippen LogP contribution in [0.25, 0.3) is 0 Å². The molecule has 0 aliphatic carbocycles. The Bertz CT molecular complexity index is 527. The Morgan fingerprint density at radius 2 is 1.76 bits per heavy atom. The lowest BCUT2D eigenvalue weighted by molar-refractivity contribution is -0.828. The third-order valence-electron chi connectivity index (χ3n) is 2.66. The first-order chi connectivity index (χ1) is 11.3. The first-order valence-electron chi connectivity index (χ1n) is 7.14. The quantitative estimate of drug-likeness (QED) is 0.254. The molecule has 0 bridgehead atoms. The molecular weight excluding hydrogens is 338 g/mol. The van der Waals surface area contributed by atoms with E-state index in [1.807, 2.05) is 6.19 Å². The lowest BCUT2D eigenvalue weighted by atomic mass is 10.1. The van der Waals surface area contributed by atoms with E-state index >= 15 is 0 Å². The average Bonchev–Trinajstić information content (AvgIpc) is 2.41. The largest absolute Gasteiger partial charge is 0.550 e. The van der Waals surface area contributed by atoms with Gasteiger partial charge in [-0.2, -0.15) is 0 Å². The molecule has 0 aromatic rings. The molecule has 0 aromatic carbocycles. The fraction of sp³-hybridized carbons (Fsp3) is 0.643. The molecule has 2 atom stereocenters. The number of nitrogens with zero attached hydrogens (tertiary/aromatic N) is 2. The number of carbonyl (C=O) groups is 4. The molecule has 142 valence electrons. The van der Waals surface area contributed by atoms with E-state index in [9.17, 15) is 24.3 Å². The monoisotopic (exact) mass is 361 g/mol. The SMILES string of the molecule is CC(=O)N[C@@H](CCC(=O)O)C(=O)O.C[N+](C)(C#N)CC(O)CC(=O)[O-]. The van der Waals surface area contributed by atoms with Crippen molar-refractivity contribution in [2.45, 2.75) is 38.3 Å². The molecule has 0 fully saturated rings. The molecule has 0 radical (unpaired) electrons. The third-order valence-corrected chi connectivity index (χ3v) is 2.66. The van der Waals surface area contributed by atoms with Gasteiger partial charge in [0.2, 0.25) is 5.91 Å². The third kappa shape index (κ3) is 15.9. The lowest BCUT2D eigenvalue weighted by Gasteiger charge is -2.21. The van der Waals surface area contributed by atoms with Crippen LogP contribution in [0.3, 0.4) is 0 Å². The number of aliphatic carboxylic acids is 3. The zero-order valence-electron chi connectivity index (χ0n) is 14.3. The minimum absolute atomic E-state index is 0.0750. The van der Waals surface area contributed by atoms with Gasteiger partial charge in [-0.3, -0.25) is 9.59 Å². The van der Waals surface area contributed by atoms with Gasteiger partial charge >= 0.3 is 18.1 Å². The van der Waals surface area contributed by atoms with Crippen molar-refractivity contribution in [3.8, 4) is 6.19 Å². The highest BCUT2D eigenvalue weighted by Gasteiger charge is 2.20. The maximum Gasteiger partial charge on any atom is 0.326 e. The Morgan fingerprint density at radius 3 is 2.08 bits per heavy atom. The summed E-state index contributed by atoms with van der Waals surface area (Å²) in [7, 11) is 3.16. The van der Waals surface area contributed by atoms with E-state index < -0.39 is 42.4 Å². The van der Waals surface area contributed by atoms with Gasteiger partial charge in [-0.05, 0) is 6.42 Å². The minimum atomic E-state index is -1.31. The second-order valence-electron chi connectivity index (χ2n) is 5.72. The lowest BCUT2D eigenvalue weighted by Crippen LogP contribution is -2.42. The van der Waals surface area contributed by atoms with Crippen LogP contribution in [0.5, 0.6) is 0 Å². The van der Waals surface area contributed by atoms with Crippen LogP contribution in [0.2, 0.25) is 0 Å². The van der Waals surface area contributed by atoms with E-state index in [1.54, 1.807) is 14.1 Å². The summed E-state index contributed by atoms with van der Waals surface area (Å²) < 4.78 is -0.0750. The maximum absolute atomic E-state index is 10.5. The van der Waals surface area contributed by atoms with E-state index in [1.165, 1.54) is 6.92 Å². The zero-order valence-corrected chi connectivity index (χ0v) is 14.3. The Labute approximate surface area is 144 Å². The second kappa shape index (κ2) is 11.8. The molecule has 0 spiro atoms. The smallest absolute Gasteiger partial charge is 0.326 e. The highest BCUT2D eigenvalue weighted by atomic mass is 16.4. The number of quaternary nitrogens is 1. The molecule has 0 heterocycles. The van der Waals surface area contributed by atoms with Crippen LogP contribution in [0.15, 0.2) is 0 Å². The number of hydrogen-bond donors (Lipinski definition) is 4. The van der Waals surface area contributed by atoms with Gasteiger partial charge in [0.05, 0.1) is 14.1 Å². The van der Waals surface area contributed by atoms with Crippen LogP contribution in [-0.4, -0.2) is 76.4 Å². The van der Waals surface area contributed by atoms with Crippen LogP contribution >= 0.6 is 0 Å². The molecule has 1 amide bonds. The second-order valence-corrected chi connectivity index (χ2v) is 5.72. The number of nitrogens with one attached hydrogen (secondary N) is 1. The normalized spacial score (nSPS) is 12.6. The zero-order chi connectivity index (χ0) is 20.2. The van der Waals surface area contributed by atoms with Crippen molar-refractivity contribution in [2.75, 3.05) is 20.6 Å². The molecular formula is C14H23N3O8. The van der Waals surface area contributed by atoms with Crippen LogP contribution in [0.4, 0.5) is 0 Å². The highest BCUT2D eigenvalue weighted by Crippen LogP contribution is 2.00. The molecule has 11 nitrogen and oxygen atoms in total. The summed E-state index contributed by atoms with van der Waals surface area (Å²) >= 11 is 0. The molecule has 11 heteroatoms. The predicted octanol–water partition coefficient (Wildman–Crippen LogP) is -2.51. The van der Waals surface area contributed by atoms with Gasteiger partial charge < -0.3 is 30.5 Å². The number of amides is 1. The van der Waals surface area contributed by atoms with Crippen LogP contribution in [-0.2, 0) is 19.2 Å². The number of rotatable bonds is 9. The predicted molar refractivity (Wildman–Crippen MR) is 80.3 cm³/mol. The van der Waals surface area contributed by atoms with E-state index in [4.69, 9.17) is 20.6 Å². The molecule has 0 saturated heterocycles. The maximum atomic E-state index is 10.5. The molecule has 0 aliphatic heterocycles. The summed E-state index contributed by atoms with van der Waals surface area (Å²) in [5.41, 5.74) is 0. The summed E-state index contributed by atoms with van der Waals surface area (Å²) in [4.78, 5) is 41.1. The number of nitriles is 1. The number of carbonyl (C=O) groups excluding carboxylic acids is 2. The fourth-order valence-corrected chi connectivity index (χ4v) is 1.60. The van der Waals surface area contributed by atoms with Crippen LogP contribution in [0, 0.1) is 11.5 Å². The Kier molecular flexibility index (Phi) is 11.6. The van der Waals surface area contributed by atoms with E-state index in [-0.39, 0.29) is 23.9 Å². The van der Waals surface area contributed by atoms with Gasteiger partial charge in [0.25, 0.3) is 0 Å². The van der Waals surface area contributed by atoms with Gasteiger partial charge in [0.15, 0.2) is 0 Å². The standard InChI is InChI=1S/C7H12N2O3.C7H11NO5/c1-9(2,5-8)4-6(10)3-7(11)12;1-4(9)8-5(7(12)13)2-3-6(10)11/h6,10H,3-4H2,1-2H3;5H,2-3H2,1H3,(H,8,9)(H,10,11)(H,12,13)/t;5-/m.0/s1. The number of aliphatic hydroxyl groups excluding tert-OH is 1. The van der Waals surface area contributed by atoms with Crippen molar-refractivity contribution in [3.63, 3.8) is 0 Å². The van der Waals surface area contributed by atoms with Gasteiger partial charge in [-0.25, -0.2) is 9.28 Å². The number of aliphatic hydroxyl groups is 1. The topological polar surface area (TPSA) is 188 Å². The van der Waals surface area contributed by atoms with Crippen molar-refractivity contribution in [2.24, 2.45) is 0 Å². The number of carboxylic acid groups (broad SMARTS) is 3. The van der Waals surface area contributed by atoms with Crippen molar-refractivity contribution in [3.05, 3.63) is 0 Å². The average molecular weight is 361 g/mol. The number of likely N-dealkylation sites (N-methyl/N-ethyl adjacent to an activating group) is 1. The number of carboxylic acids is 3. The summed E-state index contributed by atoms with van der Waals surface area (Å²) in [5, 5.41) is 46.6. The van der Waals surface area contributed by atoms with Gasteiger partial charge in [-0.1, -0.05) is 0 Å². The van der Waals surface area contributed by atoms with E-state index in [0.717, 1.165) is 0 Å². The molecule has 0 aliphatic rings.